The Bertz CT molecular complexity index is 661. The molecule has 1 amide bonds. The molecule has 1 N–H and O–H groups in total. The van der Waals surface area contributed by atoms with Crippen LogP contribution in [0.4, 0.5) is 0 Å². The van der Waals surface area contributed by atoms with E-state index in [2.05, 4.69) is 18.3 Å². The molecule has 3 nitrogen and oxygen atoms in total. The van der Waals surface area contributed by atoms with E-state index in [1.807, 2.05) is 42.5 Å². The highest BCUT2D eigenvalue weighted by molar-refractivity contribution is 8.00. The number of para-hydroxylation sites is 1. The average Bonchev–Trinajstić information content (AvgIpc) is 2.64. The number of carbonyl (C=O) groups excluding carboxylic acids is 1. The third-order valence-corrected chi connectivity index (χ3v) is 4.83. The number of thioether (sulfide) groups is 1. The molecule has 0 aliphatic carbocycles. The molecule has 0 aliphatic rings. The molecule has 0 atom stereocenters. The lowest BCUT2D eigenvalue weighted by molar-refractivity contribution is -0.118. The predicted molar refractivity (Wildman–Crippen MR) is 106 cm³/mol. The quantitative estimate of drug-likeness (QED) is 0.469. The summed E-state index contributed by atoms with van der Waals surface area (Å²) in [5, 5.41) is 3.68. The van der Waals surface area contributed by atoms with Crippen LogP contribution in [0.1, 0.15) is 25.3 Å². The summed E-state index contributed by atoms with van der Waals surface area (Å²) in [5.41, 5.74) is 1.20. The van der Waals surface area contributed by atoms with Gasteiger partial charge in [0.15, 0.2) is 0 Å². The van der Waals surface area contributed by atoms with E-state index in [1.54, 1.807) is 0 Å². The molecule has 0 radical (unpaired) electrons. The Hall–Kier alpha value is -1.65. The number of halogens is 1. The third kappa shape index (κ3) is 7.41. The number of hydrogen-bond acceptors (Lipinski definition) is 3. The largest absolute Gasteiger partial charge is 0.493 e. The Morgan fingerprint density at radius 1 is 1.16 bits per heavy atom. The van der Waals surface area contributed by atoms with Crippen LogP contribution in [0, 0.1) is 0 Å². The normalized spacial score (nSPS) is 10.5. The van der Waals surface area contributed by atoms with Crippen LogP contribution in [-0.4, -0.2) is 24.8 Å². The smallest absolute Gasteiger partial charge is 0.230 e. The van der Waals surface area contributed by atoms with Gasteiger partial charge in [0.05, 0.1) is 12.4 Å². The van der Waals surface area contributed by atoms with E-state index in [9.17, 15) is 4.79 Å². The van der Waals surface area contributed by atoms with E-state index in [0.717, 1.165) is 36.5 Å². The number of amides is 1. The topological polar surface area (TPSA) is 38.3 Å². The molecular weight excluding hydrogens is 354 g/mol. The maximum absolute atomic E-state index is 11.9. The predicted octanol–water partition coefficient (Wildman–Crippen LogP) is 4.97. The minimum Gasteiger partial charge on any atom is -0.493 e. The molecule has 5 heteroatoms. The molecule has 0 unspecified atom stereocenters. The van der Waals surface area contributed by atoms with Crippen molar-refractivity contribution >= 4 is 29.3 Å². The standard InChI is InChI=1S/C20H24ClNO2S/c1-2-14-24-19-8-4-3-6-16(19)7-5-13-22-20(23)15-25-18-11-9-17(21)10-12-18/h3-4,6,8-12H,2,5,7,13-15H2,1H3,(H,22,23). The number of nitrogens with one attached hydrogen (secondary N) is 1. The fourth-order valence-corrected chi connectivity index (χ4v) is 3.15. The van der Waals surface area contributed by atoms with Crippen molar-refractivity contribution in [2.24, 2.45) is 0 Å². The van der Waals surface area contributed by atoms with Gasteiger partial charge in [-0.25, -0.2) is 0 Å². The summed E-state index contributed by atoms with van der Waals surface area (Å²) in [7, 11) is 0. The van der Waals surface area contributed by atoms with Crippen molar-refractivity contribution in [3.8, 4) is 5.75 Å². The molecule has 0 fully saturated rings. The molecule has 0 heterocycles. The van der Waals surface area contributed by atoms with E-state index in [0.29, 0.717) is 17.3 Å². The number of ether oxygens (including phenoxy) is 1. The Kier molecular flexibility index (Phi) is 8.70. The van der Waals surface area contributed by atoms with Gasteiger partial charge in [0.25, 0.3) is 0 Å². The highest BCUT2D eigenvalue weighted by Gasteiger charge is 2.05. The van der Waals surface area contributed by atoms with Crippen LogP contribution in [0.3, 0.4) is 0 Å². The lowest BCUT2D eigenvalue weighted by Crippen LogP contribution is -2.26. The number of aryl methyl sites for hydroxylation is 1. The van der Waals surface area contributed by atoms with E-state index < -0.39 is 0 Å². The van der Waals surface area contributed by atoms with Gasteiger partial charge >= 0.3 is 0 Å². The Morgan fingerprint density at radius 3 is 2.68 bits per heavy atom. The van der Waals surface area contributed by atoms with Gasteiger partial charge in [0, 0.05) is 16.5 Å². The van der Waals surface area contributed by atoms with Crippen molar-refractivity contribution in [2.45, 2.75) is 31.1 Å². The Morgan fingerprint density at radius 2 is 1.92 bits per heavy atom. The number of rotatable bonds is 10. The molecule has 2 aromatic rings. The summed E-state index contributed by atoms with van der Waals surface area (Å²) in [6, 6.07) is 15.6. The van der Waals surface area contributed by atoms with Crippen LogP contribution in [-0.2, 0) is 11.2 Å². The molecule has 2 aromatic carbocycles. The van der Waals surface area contributed by atoms with Crippen LogP contribution in [0.15, 0.2) is 53.4 Å². The summed E-state index contributed by atoms with van der Waals surface area (Å²) in [6.45, 7) is 3.50. The fraction of sp³-hybridized carbons (Fsp3) is 0.350. The summed E-state index contributed by atoms with van der Waals surface area (Å²) in [5.74, 6) is 1.42. The molecule has 0 saturated heterocycles. The fourth-order valence-electron chi connectivity index (χ4n) is 2.30. The Balaban J connectivity index is 1.67. The summed E-state index contributed by atoms with van der Waals surface area (Å²) in [6.07, 6.45) is 2.78. The molecular formula is C20H24ClNO2S. The molecule has 0 bridgehead atoms. The van der Waals surface area contributed by atoms with E-state index >= 15 is 0 Å². The van der Waals surface area contributed by atoms with Crippen molar-refractivity contribution in [2.75, 3.05) is 18.9 Å². The second-order valence-corrected chi connectivity index (χ2v) is 7.14. The van der Waals surface area contributed by atoms with Crippen molar-refractivity contribution in [3.05, 3.63) is 59.1 Å². The molecule has 0 aliphatic heterocycles. The lowest BCUT2D eigenvalue weighted by Gasteiger charge is -2.11. The zero-order chi connectivity index (χ0) is 17.9. The molecule has 0 spiro atoms. The van der Waals surface area contributed by atoms with Crippen molar-refractivity contribution in [1.82, 2.24) is 5.32 Å². The van der Waals surface area contributed by atoms with Gasteiger partial charge in [0.2, 0.25) is 5.91 Å². The van der Waals surface area contributed by atoms with E-state index in [4.69, 9.17) is 16.3 Å². The van der Waals surface area contributed by atoms with Crippen LogP contribution >= 0.6 is 23.4 Å². The van der Waals surface area contributed by atoms with Crippen LogP contribution in [0.2, 0.25) is 5.02 Å². The number of carbonyl (C=O) groups is 1. The highest BCUT2D eigenvalue weighted by atomic mass is 35.5. The van der Waals surface area contributed by atoms with Crippen LogP contribution in [0.25, 0.3) is 0 Å². The highest BCUT2D eigenvalue weighted by Crippen LogP contribution is 2.21. The monoisotopic (exact) mass is 377 g/mol. The molecule has 0 aromatic heterocycles. The zero-order valence-electron chi connectivity index (χ0n) is 14.5. The summed E-state index contributed by atoms with van der Waals surface area (Å²) >= 11 is 7.36. The zero-order valence-corrected chi connectivity index (χ0v) is 16.0. The first kappa shape index (κ1) is 19.7. The van der Waals surface area contributed by atoms with Gasteiger partial charge in [-0.1, -0.05) is 36.7 Å². The summed E-state index contributed by atoms with van der Waals surface area (Å²) < 4.78 is 5.76. The van der Waals surface area contributed by atoms with E-state index in [1.165, 1.54) is 17.3 Å². The van der Waals surface area contributed by atoms with Crippen LogP contribution in [0.5, 0.6) is 5.75 Å². The molecule has 134 valence electrons. The second kappa shape index (κ2) is 11.1. The minimum atomic E-state index is 0.0514. The molecule has 2 rings (SSSR count). The van der Waals surface area contributed by atoms with Crippen molar-refractivity contribution < 1.29 is 9.53 Å². The average molecular weight is 378 g/mol. The first-order valence-corrected chi connectivity index (χ1v) is 9.91. The number of benzene rings is 2. The van der Waals surface area contributed by atoms with Gasteiger partial charge in [-0.05, 0) is 55.2 Å². The van der Waals surface area contributed by atoms with Gasteiger partial charge in [0.1, 0.15) is 5.75 Å². The molecule has 0 saturated carbocycles. The van der Waals surface area contributed by atoms with Crippen LogP contribution < -0.4 is 10.1 Å². The van der Waals surface area contributed by atoms with Gasteiger partial charge in [-0.2, -0.15) is 0 Å². The Labute approximate surface area is 159 Å². The third-order valence-electron chi connectivity index (χ3n) is 3.56. The SMILES string of the molecule is CCCOc1ccccc1CCCNC(=O)CSc1ccc(Cl)cc1. The number of hydrogen-bond donors (Lipinski definition) is 1. The minimum absolute atomic E-state index is 0.0514. The van der Waals surface area contributed by atoms with E-state index in [-0.39, 0.29) is 5.91 Å². The maximum atomic E-state index is 11.9. The second-order valence-electron chi connectivity index (χ2n) is 5.65. The van der Waals surface area contributed by atoms with Crippen molar-refractivity contribution in [3.63, 3.8) is 0 Å². The maximum Gasteiger partial charge on any atom is 0.230 e. The van der Waals surface area contributed by atoms with Gasteiger partial charge < -0.3 is 10.1 Å². The lowest BCUT2D eigenvalue weighted by atomic mass is 10.1. The van der Waals surface area contributed by atoms with Gasteiger partial charge in [-0.15, -0.1) is 11.8 Å². The summed E-state index contributed by atoms with van der Waals surface area (Å²) in [4.78, 5) is 13.0. The first-order valence-electron chi connectivity index (χ1n) is 8.55. The van der Waals surface area contributed by atoms with Crippen molar-refractivity contribution in [1.29, 1.82) is 0 Å². The molecule has 25 heavy (non-hydrogen) atoms. The van der Waals surface area contributed by atoms with Gasteiger partial charge in [-0.3, -0.25) is 4.79 Å². The first-order chi connectivity index (χ1) is 12.2.